The van der Waals surface area contributed by atoms with Gasteiger partial charge in [-0.15, -0.1) is 6.58 Å². The number of aromatic nitrogens is 1. The quantitative estimate of drug-likeness (QED) is 0.822. The van der Waals surface area contributed by atoms with E-state index in [0.29, 0.717) is 17.7 Å². The third kappa shape index (κ3) is 2.63. The minimum Gasteiger partial charge on any atom is -0.478 e. The number of carbonyl (C=O) groups is 1. The van der Waals surface area contributed by atoms with Gasteiger partial charge in [0, 0.05) is 12.0 Å². The first-order valence-electron chi connectivity index (χ1n) is 5.82. The Morgan fingerprint density at radius 1 is 1.37 bits per heavy atom. The maximum atomic E-state index is 11.4. The molecule has 0 saturated carbocycles. The largest absolute Gasteiger partial charge is 0.478 e. The maximum absolute atomic E-state index is 11.4. The smallest absolute Gasteiger partial charge is 0.336 e. The molecule has 0 aliphatic rings. The lowest BCUT2D eigenvalue weighted by Gasteiger charge is -2.12. The molecule has 0 aliphatic carbocycles. The molecule has 96 valence electrons. The Morgan fingerprint density at radius 2 is 2.05 bits per heavy atom. The summed E-state index contributed by atoms with van der Waals surface area (Å²) in [6.45, 7) is 3.67. The second-order valence-electron chi connectivity index (χ2n) is 4.08. The SMILES string of the molecule is C=CCc1nc(N)cc(C(=O)O)c1-c1ccccc1. The van der Waals surface area contributed by atoms with E-state index in [4.69, 9.17) is 5.73 Å². The molecule has 0 aliphatic heterocycles. The fraction of sp³-hybridized carbons (Fsp3) is 0.0667. The molecular weight excluding hydrogens is 240 g/mol. The Kier molecular flexibility index (Phi) is 3.61. The molecule has 1 heterocycles. The van der Waals surface area contributed by atoms with Gasteiger partial charge in [0.2, 0.25) is 0 Å². The number of aromatic carboxylic acids is 1. The first-order chi connectivity index (χ1) is 9.13. The van der Waals surface area contributed by atoms with E-state index in [2.05, 4.69) is 11.6 Å². The van der Waals surface area contributed by atoms with Gasteiger partial charge in [0.25, 0.3) is 0 Å². The fourth-order valence-electron chi connectivity index (χ4n) is 2.00. The van der Waals surface area contributed by atoms with Gasteiger partial charge in [0.15, 0.2) is 0 Å². The first kappa shape index (κ1) is 12.8. The van der Waals surface area contributed by atoms with E-state index in [0.717, 1.165) is 5.56 Å². The normalized spacial score (nSPS) is 10.1. The molecule has 2 aromatic rings. The van der Waals surface area contributed by atoms with E-state index < -0.39 is 5.97 Å². The highest BCUT2D eigenvalue weighted by Crippen LogP contribution is 2.28. The van der Waals surface area contributed by atoms with Crippen LogP contribution in [0.3, 0.4) is 0 Å². The van der Waals surface area contributed by atoms with Crippen molar-refractivity contribution in [2.45, 2.75) is 6.42 Å². The van der Waals surface area contributed by atoms with Gasteiger partial charge in [-0.2, -0.15) is 0 Å². The Morgan fingerprint density at radius 3 is 2.63 bits per heavy atom. The van der Waals surface area contributed by atoms with Crippen molar-refractivity contribution in [3.63, 3.8) is 0 Å². The van der Waals surface area contributed by atoms with Crippen molar-refractivity contribution < 1.29 is 9.90 Å². The zero-order valence-electron chi connectivity index (χ0n) is 10.3. The van der Waals surface area contributed by atoms with E-state index >= 15 is 0 Å². The Bertz CT molecular complexity index is 622. The van der Waals surface area contributed by atoms with E-state index in [-0.39, 0.29) is 11.4 Å². The number of rotatable bonds is 4. The average molecular weight is 254 g/mol. The summed E-state index contributed by atoms with van der Waals surface area (Å²) < 4.78 is 0. The number of allylic oxidation sites excluding steroid dienone is 1. The van der Waals surface area contributed by atoms with Crippen LogP contribution in [0.25, 0.3) is 11.1 Å². The molecule has 0 atom stereocenters. The van der Waals surface area contributed by atoms with E-state index in [9.17, 15) is 9.90 Å². The lowest BCUT2D eigenvalue weighted by Crippen LogP contribution is -2.07. The van der Waals surface area contributed by atoms with Crippen LogP contribution in [0.4, 0.5) is 5.82 Å². The van der Waals surface area contributed by atoms with Gasteiger partial charge in [-0.05, 0) is 11.6 Å². The number of anilines is 1. The molecule has 0 saturated heterocycles. The Balaban J connectivity index is 2.74. The molecule has 2 rings (SSSR count). The third-order valence-electron chi connectivity index (χ3n) is 2.74. The van der Waals surface area contributed by atoms with Crippen LogP contribution in [0, 0.1) is 0 Å². The van der Waals surface area contributed by atoms with Gasteiger partial charge in [-0.25, -0.2) is 9.78 Å². The van der Waals surface area contributed by atoms with Gasteiger partial charge in [-0.1, -0.05) is 36.4 Å². The second kappa shape index (κ2) is 5.35. The van der Waals surface area contributed by atoms with Crippen LogP contribution in [-0.2, 0) is 6.42 Å². The molecular formula is C15H14N2O2. The maximum Gasteiger partial charge on any atom is 0.336 e. The van der Waals surface area contributed by atoms with Crippen molar-refractivity contribution >= 4 is 11.8 Å². The van der Waals surface area contributed by atoms with Crippen LogP contribution >= 0.6 is 0 Å². The third-order valence-corrected chi connectivity index (χ3v) is 2.74. The highest BCUT2D eigenvalue weighted by atomic mass is 16.4. The van der Waals surface area contributed by atoms with E-state index in [1.54, 1.807) is 6.08 Å². The number of nitrogens with zero attached hydrogens (tertiary/aromatic N) is 1. The molecule has 4 heteroatoms. The average Bonchev–Trinajstić information content (AvgIpc) is 2.39. The number of nitrogens with two attached hydrogens (primary N) is 1. The molecule has 0 amide bonds. The Labute approximate surface area is 111 Å². The van der Waals surface area contributed by atoms with Gasteiger partial charge in [-0.3, -0.25) is 0 Å². The summed E-state index contributed by atoms with van der Waals surface area (Å²) >= 11 is 0. The van der Waals surface area contributed by atoms with Crippen LogP contribution in [0.1, 0.15) is 16.1 Å². The minimum absolute atomic E-state index is 0.163. The van der Waals surface area contributed by atoms with Crippen LogP contribution in [0.15, 0.2) is 49.1 Å². The number of hydrogen-bond acceptors (Lipinski definition) is 3. The molecule has 0 radical (unpaired) electrons. The molecule has 0 spiro atoms. The lowest BCUT2D eigenvalue weighted by molar-refractivity contribution is 0.0697. The van der Waals surface area contributed by atoms with Gasteiger partial charge >= 0.3 is 5.97 Å². The molecule has 4 nitrogen and oxygen atoms in total. The topological polar surface area (TPSA) is 76.2 Å². The number of carboxylic acids is 1. The number of pyridine rings is 1. The monoisotopic (exact) mass is 254 g/mol. The highest BCUT2D eigenvalue weighted by Gasteiger charge is 2.17. The summed E-state index contributed by atoms with van der Waals surface area (Å²) in [5.41, 5.74) is 7.86. The van der Waals surface area contributed by atoms with Crippen molar-refractivity contribution in [1.29, 1.82) is 0 Å². The number of carboxylic acid groups (broad SMARTS) is 1. The molecule has 1 aromatic heterocycles. The molecule has 0 fully saturated rings. The Hall–Kier alpha value is -2.62. The first-order valence-corrected chi connectivity index (χ1v) is 5.82. The van der Waals surface area contributed by atoms with Gasteiger partial charge < -0.3 is 10.8 Å². The number of nitrogen functional groups attached to an aromatic ring is 1. The molecule has 3 N–H and O–H groups in total. The van der Waals surface area contributed by atoms with Crippen LogP contribution in [0.2, 0.25) is 0 Å². The fourth-order valence-corrected chi connectivity index (χ4v) is 2.00. The summed E-state index contributed by atoms with van der Waals surface area (Å²) in [6, 6.07) is 10.7. The molecule has 0 unspecified atom stereocenters. The van der Waals surface area contributed by atoms with Crippen LogP contribution < -0.4 is 5.73 Å². The number of benzene rings is 1. The van der Waals surface area contributed by atoms with Gasteiger partial charge in [0.1, 0.15) is 5.82 Å². The van der Waals surface area contributed by atoms with Crippen molar-refractivity contribution in [3.8, 4) is 11.1 Å². The summed E-state index contributed by atoms with van der Waals surface area (Å²) in [4.78, 5) is 15.6. The summed E-state index contributed by atoms with van der Waals surface area (Å²) in [6.07, 6.45) is 2.15. The zero-order valence-corrected chi connectivity index (χ0v) is 10.3. The summed E-state index contributed by atoms with van der Waals surface area (Å²) in [7, 11) is 0. The van der Waals surface area contributed by atoms with E-state index in [1.165, 1.54) is 6.07 Å². The van der Waals surface area contributed by atoms with E-state index in [1.807, 2.05) is 30.3 Å². The molecule has 19 heavy (non-hydrogen) atoms. The van der Waals surface area contributed by atoms with Crippen LogP contribution in [0.5, 0.6) is 0 Å². The van der Waals surface area contributed by atoms with Crippen LogP contribution in [-0.4, -0.2) is 16.1 Å². The predicted molar refractivity (Wildman–Crippen MR) is 74.9 cm³/mol. The standard InChI is InChI=1S/C15H14N2O2/c1-2-6-12-14(10-7-4-3-5-8-10)11(15(18)19)9-13(16)17-12/h2-5,7-9H,1,6H2,(H2,16,17)(H,18,19). The minimum atomic E-state index is -1.02. The van der Waals surface area contributed by atoms with Crippen molar-refractivity contribution in [2.24, 2.45) is 0 Å². The second-order valence-corrected chi connectivity index (χ2v) is 4.08. The predicted octanol–water partition coefficient (Wildman–Crippen LogP) is 2.76. The lowest BCUT2D eigenvalue weighted by atomic mass is 9.96. The zero-order chi connectivity index (χ0) is 13.8. The summed E-state index contributed by atoms with van der Waals surface area (Å²) in [5.74, 6) is -0.813. The number of hydrogen-bond donors (Lipinski definition) is 2. The summed E-state index contributed by atoms with van der Waals surface area (Å²) in [5, 5.41) is 9.33. The van der Waals surface area contributed by atoms with Crippen molar-refractivity contribution in [1.82, 2.24) is 4.98 Å². The van der Waals surface area contributed by atoms with Crippen molar-refractivity contribution in [3.05, 3.63) is 60.3 Å². The van der Waals surface area contributed by atoms with Gasteiger partial charge in [0.05, 0.1) is 11.3 Å². The molecule has 0 bridgehead atoms. The molecule has 1 aromatic carbocycles. The van der Waals surface area contributed by atoms with Crippen molar-refractivity contribution in [2.75, 3.05) is 5.73 Å². The highest BCUT2D eigenvalue weighted by molar-refractivity contribution is 5.97.